The van der Waals surface area contributed by atoms with Crippen LogP contribution in [-0.2, 0) is 9.59 Å². The van der Waals surface area contributed by atoms with E-state index in [1.165, 1.54) is 19.2 Å². The number of piperidine rings is 1. The number of aromatic nitrogens is 3. The molecule has 1 atom stereocenters. The van der Waals surface area contributed by atoms with E-state index in [-0.39, 0.29) is 17.7 Å². The van der Waals surface area contributed by atoms with Crippen LogP contribution in [0, 0.1) is 5.92 Å². The number of hydrogen-bond donors (Lipinski definition) is 1. The maximum Gasteiger partial charge on any atom is 0.227 e. The van der Waals surface area contributed by atoms with Crippen molar-refractivity contribution >= 4 is 17.8 Å². The monoisotopic (exact) mass is 346 g/mol. The van der Waals surface area contributed by atoms with Gasteiger partial charge in [-0.25, -0.2) is 5.10 Å². The van der Waals surface area contributed by atoms with Crippen molar-refractivity contribution in [3.8, 4) is 0 Å². The van der Waals surface area contributed by atoms with Gasteiger partial charge in [0.2, 0.25) is 17.8 Å². The van der Waals surface area contributed by atoms with Crippen LogP contribution >= 0.6 is 0 Å². The highest BCUT2D eigenvalue weighted by atomic mass is 16.2. The highest BCUT2D eigenvalue weighted by Gasteiger charge is 2.37. The normalized spacial score (nSPS) is 25.7. The maximum atomic E-state index is 12.9. The molecular weight excluding hydrogens is 320 g/mol. The molecule has 136 valence electrons. The number of carbonyl (C=O) groups excluding carboxylic acids is 2. The summed E-state index contributed by atoms with van der Waals surface area (Å²) in [5, 5.41) is 6.76. The first kappa shape index (κ1) is 16.4. The van der Waals surface area contributed by atoms with E-state index in [4.69, 9.17) is 0 Å². The summed E-state index contributed by atoms with van der Waals surface area (Å²) < 4.78 is 0. The Morgan fingerprint density at radius 3 is 2.56 bits per heavy atom. The van der Waals surface area contributed by atoms with Gasteiger partial charge in [0.05, 0.1) is 5.92 Å². The van der Waals surface area contributed by atoms with Crippen molar-refractivity contribution in [3.05, 3.63) is 6.33 Å². The molecule has 8 nitrogen and oxygen atoms in total. The summed E-state index contributed by atoms with van der Waals surface area (Å²) >= 11 is 0. The van der Waals surface area contributed by atoms with Gasteiger partial charge in [-0.15, -0.1) is 0 Å². The smallest absolute Gasteiger partial charge is 0.227 e. The molecule has 1 aromatic rings. The predicted molar refractivity (Wildman–Crippen MR) is 91.9 cm³/mol. The van der Waals surface area contributed by atoms with Crippen molar-refractivity contribution in [1.82, 2.24) is 25.0 Å². The molecule has 0 unspecified atom stereocenters. The summed E-state index contributed by atoms with van der Waals surface area (Å²) in [6.45, 7) is 3.54. The van der Waals surface area contributed by atoms with Crippen molar-refractivity contribution < 1.29 is 9.59 Å². The number of hydrogen-bond acceptors (Lipinski definition) is 5. The summed E-state index contributed by atoms with van der Waals surface area (Å²) in [5.41, 5.74) is 0. The Morgan fingerprint density at radius 1 is 1.12 bits per heavy atom. The lowest BCUT2D eigenvalue weighted by molar-refractivity contribution is -0.145. The van der Waals surface area contributed by atoms with Gasteiger partial charge in [0.1, 0.15) is 6.33 Å². The molecule has 0 aromatic carbocycles. The third kappa shape index (κ3) is 3.34. The summed E-state index contributed by atoms with van der Waals surface area (Å²) in [4.78, 5) is 35.5. The predicted octanol–water partition coefficient (Wildman–Crippen LogP) is 0.635. The van der Waals surface area contributed by atoms with Crippen molar-refractivity contribution in [2.45, 2.75) is 44.6 Å². The molecule has 2 saturated heterocycles. The second kappa shape index (κ2) is 7.01. The number of anilines is 1. The van der Waals surface area contributed by atoms with Crippen LogP contribution in [0.1, 0.15) is 38.5 Å². The lowest BCUT2D eigenvalue weighted by atomic mass is 9.94. The highest BCUT2D eigenvalue weighted by molar-refractivity contribution is 5.84. The second-order valence-corrected chi connectivity index (χ2v) is 7.34. The van der Waals surface area contributed by atoms with Gasteiger partial charge in [-0.2, -0.15) is 10.1 Å². The molecule has 2 amide bonds. The van der Waals surface area contributed by atoms with E-state index in [0.717, 1.165) is 31.9 Å². The molecule has 1 saturated carbocycles. The average molecular weight is 346 g/mol. The average Bonchev–Trinajstić information content (AvgIpc) is 3.35. The molecule has 4 rings (SSSR count). The van der Waals surface area contributed by atoms with Crippen LogP contribution in [0.5, 0.6) is 0 Å². The minimum absolute atomic E-state index is 0.0323. The Hall–Kier alpha value is -2.12. The Labute approximate surface area is 147 Å². The van der Waals surface area contributed by atoms with Gasteiger partial charge in [-0.05, 0) is 19.3 Å². The number of aromatic amines is 1. The molecule has 1 aliphatic carbocycles. The number of amides is 2. The van der Waals surface area contributed by atoms with E-state index in [2.05, 4.69) is 20.1 Å². The van der Waals surface area contributed by atoms with Crippen molar-refractivity contribution in [2.75, 3.05) is 37.6 Å². The fraction of sp³-hybridized carbons (Fsp3) is 0.765. The second-order valence-electron chi connectivity index (χ2n) is 7.34. The minimum atomic E-state index is -0.0323. The van der Waals surface area contributed by atoms with Gasteiger partial charge in [0.25, 0.3) is 0 Å². The fourth-order valence-electron chi connectivity index (χ4n) is 4.39. The summed E-state index contributed by atoms with van der Waals surface area (Å²) in [5.74, 6) is 1.19. The van der Waals surface area contributed by atoms with E-state index in [1.807, 2.05) is 9.80 Å². The maximum absolute atomic E-state index is 12.9. The molecule has 0 radical (unpaired) electrons. The molecule has 8 heteroatoms. The van der Waals surface area contributed by atoms with Crippen LogP contribution in [0.4, 0.5) is 5.95 Å². The lowest BCUT2D eigenvalue weighted by Gasteiger charge is -2.40. The summed E-state index contributed by atoms with van der Waals surface area (Å²) in [7, 11) is 0. The van der Waals surface area contributed by atoms with E-state index >= 15 is 0 Å². The van der Waals surface area contributed by atoms with Crippen molar-refractivity contribution in [2.24, 2.45) is 5.92 Å². The quantitative estimate of drug-likeness (QED) is 0.868. The SMILES string of the molecule is O=C([C@H]1CCC(=O)N(C2CCCC2)C1)N1CCN(c2ncn[nH]2)CC1. The fourth-order valence-corrected chi connectivity index (χ4v) is 4.39. The Morgan fingerprint density at radius 2 is 1.88 bits per heavy atom. The van der Waals surface area contributed by atoms with Crippen LogP contribution in [0.2, 0.25) is 0 Å². The zero-order valence-corrected chi connectivity index (χ0v) is 14.6. The zero-order chi connectivity index (χ0) is 17.2. The molecule has 0 spiro atoms. The number of nitrogens with zero attached hydrogens (tertiary/aromatic N) is 5. The third-order valence-corrected chi connectivity index (χ3v) is 5.85. The molecule has 2 aliphatic heterocycles. The van der Waals surface area contributed by atoms with E-state index in [0.29, 0.717) is 38.5 Å². The van der Waals surface area contributed by atoms with Gasteiger partial charge < -0.3 is 14.7 Å². The number of rotatable bonds is 3. The number of carbonyl (C=O) groups is 2. The first-order valence-electron chi connectivity index (χ1n) is 9.41. The van der Waals surface area contributed by atoms with Crippen LogP contribution in [0.15, 0.2) is 6.33 Å². The summed E-state index contributed by atoms with van der Waals surface area (Å²) in [6.07, 6.45) is 7.33. The molecule has 1 aromatic heterocycles. The van der Waals surface area contributed by atoms with Gasteiger partial charge in [0.15, 0.2) is 0 Å². The highest BCUT2D eigenvalue weighted by Crippen LogP contribution is 2.29. The van der Waals surface area contributed by atoms with Gasteiger partial charge in [-0.3, -0.25) is 9.59 Å². The van der Waals surface area contributed by atoms with Gasteiger partial charge in [0, 0.05) is 45.2 Å². The first-order chi connectivity index (χ1) is 12.2. The number of likely N-dealkylation sites (tertiary alicyclic amines) is 1. The molecular formula is C17H26N6O2. The molecule has 3 aliphatic rings. The Kier molecular flexibility index (Phi) is 4.59. The Bertz CT molecular complexity index is 605. The number of nitrogens with one attached hydrogen (secondary N) is 1. The summed E-state index contributed by atoms with van der Waals surface area (Å²) in [6, 6.07) is 0.367. The molecule has 1 N–H and O–H groups in total. The van der Waals surface area contributed by atoms with Gasteiger partial charge >= 0.3 is 0 Å². The minimum Gasteiger partial charge on any atom is -0.339 e. The van der Waals surface area contributed by atoms with Crippen LogP contribution < -0.4 is 4.90 Å². The van der Waals surface area contributed by atoms with Crippen molar-refractivity contribution in [3.63, 3.8) is 0 Å². The van der Waals surface area contributed by atoms with Crippen LogP contribution in [0.3, 0.4) is 0 Å². The largest absolute Gasteiger partial charge is 0.339 e. The number of H-pyrrole nitrogens is 1. The van der Waals surface area contributed by atoms with Gasteiger partial charge in [-0.1, -0.05) is 12.8 Å². The standard InChI is InChI=1S/C17H26N6O2/c24-15-6-5-13(11-23(15)14-3-1-2-4-14)16(25)21-7-9-22(10-8-21)17-18-12-19-20-17/h12-14H,1-11H2,(H,18,19,20)/t13-/m0/s1. The van der Waals surface area contributed by atoms with E-state index in [9.17, 15) is 9.59 Å². The molecule has 25 heavy (non-hydrogen) atoms. The topological polar surface area (TPSA) is 85.4 Å². The lowest BCUT2D eigenvalue weighted by Crippen LogP contribution is -2.54. The van der Waals surface area contributed by atoms with Crippen molar-refractivity contribution in [1.29, 1.82) is 0 Å². The first-order valence-corrected chi connectivity index (χ1v) is 9.41. The molecule has 3 fully saturated rings. The van der Waals surface area contributed by atoms with E-state index < -0.39 is 0 Å². The zero-order valence-electron chi connectivity index (χ0n) is 14.6. The van der Waals surface area contributed by atoms with E-state index in [1.54, 1.807) is 0 Å². The van der Waals surface area contributed by atoms with Crippen LogP contribution in [-0.4, -0.2) is 75.6 Å². The number of piperazine rings is 1. The van der Waals surface area contributed by atoms with Crippen LogP contribution in [0.25, 0.3) is 0 Å². The Balaban J connectivity index is 1.34. The third-order valence-electron chi connectivity index (χ3n) is 5.85. The molecule has 0 bridgehead atoms. The molecule has 3 heterocycles.